The second kappa shape index (κ2) is 15.0. The molecule has 304 valence electrons. The number of fused-ring (bicyclic) bond motifs is 9. The summed E-state index contributed by atoms with van der Waals surface area (Å²) in [5, 5.41) is 9.66. The van der Waals surface area contributed by atoms with E-state index in [1.54, 1.807) is 0 Å². The highest BCUT2D eigenvalue weighted by Gasteiger charge is 2.22. The van der Waals surface area contributed by atoms with Crippen LogP contribution in [0.4, 0.5) is 17.1 Å². The Morgan fingerprint density at radius 3 is 1.71 bits per heavy atom. The van der Waals surface area contributed by atoms with Crippen molar-refractivity contribution in [3.63, 3.8) is 0 Å². The molecule has 2 aromatic heterocycles. The summed E-state index contributed by atoms with van der Waals surface area (Å²) < 4.78 is 9.03. The van der Waals surface area contributed by atoms with E-state index in [9.17, 15) is 0 Å². The molecule has 11 aromatic carbocycles. The van der Waals surface area contributed by atoms with Gasteiger partial charge in [-0.2, -0.15) is 0 Å². The summed E-state index contributed by atoms with van der Waals surface area (Å²) in [6, 6.07) is 87.9. The van der Waals surface area contributed by atoms with Gasteiger partial charge in [-0.15, -0.1) is 0 Å². The fourth-order valence-corrected chi connectivity index (χ4v) is 10.2. The quantitative estimate of drug-likeness (QED) is 0.149. The average molecular weight is 829 g/mol. The number of anilines is 3. The summed E-state index contributed by atoms with van der Waals surface area (Å²) in [6.45, 7) is 0. The Hall–Kier alpha value is -8.66. The number of rotatable bonds is 7. The van der Waals surface area contributed by atoms with Crippen LogP contribution in [0.1, 0.15) is 0 Å². The van der Waals surface area contributed by atoms with Crippen molar-refractivity contribution < 1.29 is 4.42 Å². The molecule has 0 bridgehead atoms. The molecule has 13 rings (SSSR count). The molecule has 0 saturated heterocycles. The summed E-state index contributed by atoms with van der Waals surface area (Å²) in [7, 11) is 0. The predicted octanol–water partition coefficient (Wildman–Crippen LogP) is 17.5. The maximum Gasteiger partial charge on any atom is 0.143 e. The molecule has 3 heteroatoms. The Bertz CT molecular complexity index is 3920. The first-order valence-corrected chi connectivity index (χ1v) is 22.2. The van der Waals surface area contributed by atoms with Crippen molar-refractivity contribution in [1.29, 1.82) is 0 Å². The standard InChI is InChI=1S/C62H40N2O/c1-2-17-41(18-3-1)49-36-35-44(57-38-43-19-4-5-24-48(43)51-25-6-7-26-52(51)57)39-60(49)63(45-21-14-20-42(37-45)50-30-16-31-56-55-29-10-13-34-61(55)65-62(50)56)46-22-15-23-47(40-46)64-58-32-11-8-27-53(58)54-28-9-12-33-59(54)64/h1-40H. The van der Waals surface area contributed by atoms with E-state index >= 15 is 0 Å². The van der Waals surface area contributed by atoms with Crippen LogP contribution in [0.15, 0.2) is 247 Å². The van der Waals surface area contributed by atoms with Crippen molar-refractivity contribution in [3.8, 4) is 39.1 Å². The molecule has 3 nitrogen and oxygen atoms in total. The van der Waals surface area contributed by atoms with Gasteiger partial charge in [0.25, 0.3) is 0 Å². The van der Waals surface area contributed by atoms with Crippen molar-refractivity contribution >= 4 is 82.4 Å². The lowest BCUT2D eigenvalue weighted by Gasteiger charge is -2.29. The predicted molar refractivity (Wildman–Crippen MR) is 274 cm³/mol. The van der Waals surface area contributed by atoms with E-state index in [0.29, 0.717) is 0 Å². The number of nitrogens with zero attached hydrogens (tertiary/aromatic N) is 2. The zero-order valence-electron chi connectivity index (χ0n) is 35.4. The van der Waals surface area contributed by atoms with Gasteiger partial charge in [-0.1, -0.05) is 182 Å². The van der Waals surface area contributed by atoms with E-state index in [-0.39, 0.29) is 0 Å². The summed E-state index contributed by atoms with van der Waals surface area (Å²) in [4.78, 5) is 2.45. The van der Waals surface area contributed by atoms with Crippen molar-refractivity contribution in [2.75, 3.05) is 4.90 Å². The lowest BCUT2D eigenvalue weighted by Crippen LogP contribution is -2.12. The van der Waals surface area contributed by atoms with E-state index in [0.717, 1.165) is 72.5 Å². The van der Waals surface area contributed by atoms with Crippen LogP contribution >= 0.6 is 0 Å². The molecule has 0 atom stereocenters. The third kappa shape index (κ3) is 6.05. The summed E-state index contributed by atoms with van der Waals surface area (Å²) >= 11 is 0. The summed E-state index contributed by atoms with van der Waals surface area (Å²) in [5.74, 6) is 0. The van der Waals surface area contributed by atoms with E-state index in [1.165, 1.54) is 48.9 Å². The molecule has 0 amide bonds. The van der Waals surface area contributed by atoms with Gasteiger partial charge >= 0.3 is 0 Å². The molecule has 2 heterocycles. The molecule has 0 saturated carbocycles. The molecular weight excluding hydrogens is 789 g/mol. The Balaban J connectivity index is 1.09. The van der Waals surface area contributed by atoms with Crippen LogP contribution in [0.2, 0.25) is 0 Å². The lowest BCUT2D eigenvalue weighted by atomic mass is 9.91. The number of para-hydroxylation sites is 4. The van der Waals surface area contributed by atoms with Crippen molar-refractivity contribution in [1.82, 2.24) is 4.57 Å². The second-order valence-corrected chi connectivity index (χ2v) is 16.8. The van der Waals surface area contributed by atoms with Gasteiger partial charge < -0.3 is 13.9 Å². The monoisotopic (exact) mass is 828 g/mol. The molecule has 0 N–H and O–H groups in total. The molecule has 13 aromatic rings. The van der Waals surface area contributed by atoms with Crippen molar-refractivity contribution in [2.24, 2.45) is 0 Å². The Kier molecular flexibility index (Phi) is 8.53. The van der Waals surface area contributed by atoms with Crippen LogP contribution in [-0.4, -0.2) is 4.57 Å². The molecule has 0 unspecified atom stereocenters. The highest BCUT2D eigenvalue weighted by Crippen LogP contribution is 2.47. The van der Waals surface area contributed by atoms with Gasteiger partial charge in [0, 0.05) is 49.7 Å². The van der Waals surface area contributed by atoms with E-state index in [2.05, 4.69) is 246 Å². The van der Waals surface area contributed by atoms with E-state index in [1.807, 2.05) is 6.07 Å². The maximum absolute atomic E-state index is 6.63. The minimum absolute atomic E-state index is 0.889. The molecule has 0 radical (unpaired) electrons. The highest BCUT2D eigenvalue weighted by atomic mass is 16.3. The van der Waals surface area contributed by atoms with Gasteiger partial charge in [0.05, 0.1) is 16.7 Å². The molecule has 0 aliphatic rings. The van der Waals surface area contributed by atoms with E-state index < -0.39 is 0 Å². The largest absolute Gasteiger partial charge is 0.455 e. The molecule has 0 aliphatic heterocycles. The molecule has 0 fully saturated rings. The smallest absolute Gasteiger partial charge is 0.143 e. The van der Waals surface area contributed by atoms with Gasteiger partial charge in [0.2, 0.25) is 0 Å². The number of hydrogen-bond donors (Lipinski definition) is 0. The van der Waals surface area contributed by atoms with E-state index in [4.69, 9.17) is 4.42 Å². The summed E-state index contributed by atoms with van der Waals surface area (Å²) in [6.07, 6.45) is 0. The topological polar surface area (TPSA) is 21.3 Å². The SMILES string of the molecule is c1ccc(-c2ccc(-c3cc4ccccc4c4ccccc34)cc2N(c2cccc(-c3cccc4c3oc3ccccc34)c2)c2cccc(-n3c4ccccc4c4ccccc43)c2)cc1. The molecule has 65 heavy (non-hydrogen) atoms. The average Bonchev–Trinajstić information content (AvgIpc) is 3.93. The van der Waals surface area contributed by atoms with Gasteiger partial charge in [0.1, 0.15) is 11.2 Å². The second-order valence-electron chi connectivity index (χ2n) is 16.8. The Morgan fingerprint density at radius 2 is 0.908 bits per heavy atom. The minimum Gasteiger partial charge on any atom is -0.455 e. The fraction of sp³-hybridized carbons (Fsp3) is 0. The number of benzene rings is 11. The minimum atomic E-state index is 0.889. The zero-order chi connectivity index (χ0) is 42.8. The fourth-order valence-electron chi connectivity index (χ4n) is 10.2. The van der Waals surface area contributed by atoms with Crippen molar-refractivity contribution in [2.45, 2.75) is 0 Å². The van der Waals surface area contributed by atoms with Crippen LogP contribution in [0, 0.1) is 0 Å². The van der Waals surface area contributed by atoms with Crippen LogP contribution in [-0.2, 0) is 0 Å². The summed E-state index contributed by atoms with van der Waals surface area (Å²) in [5.41, 5.74) is 15.1. The van der Waals surface area contributed by atoms with Gasteiger partial charge in [0.15, 0.2) is 0 Å². The Labute approximate surface area is 376 Å². The number of aromatic nitrogens is 1. The van der Waals surface area contributed by atoms with Gasteiger partial charge in [-0.3, -0.25) is 0 Å². The highest BCUT2D eigenvalue weighted by molar-refractivity contribution is 6.15. The van der Waals surface area contributed by atoms with Crippen LogP contribution in [0.5, 0.6) is 0 Å². The molecule has 0 aliphatic carbocycles. The first-order valence-electron chi connectivity index (χ1n) is 22.2. The van der Waals surface area contributed by atoms with Gasteiger partial charge in [-0.25, -0.2) is 0 Å². The molecular formula is C62H40N2O. The molecule has 0 spiro atoms. The van der Waals surface area contributed by atoms with Crippen molar-refractivity contribution in [3.05, 3.63) is 243 Å². The Morgan fingerprint density at radius 1 is 0.323 bits per heavy atom. The van der Waals surface area contributed by atoms with Crippen LogP contribution in [0.3, 0.4) is 0 Å². The first-order chi connectivity index (χ1) is 32.2. The third-order valence-electron chi connectivity index (χ3n) is 13.1. The van der Waals surface area contributed by atoms with Crippen LogP contribution in [0.25, 0.3) is 104 Å². The number of hydrogen-bond acceptors (Lipinski definition) is 2. The third-order valence-corrected chi connectivity index (χ3v) is 13.1. The lowest BCUT2D eigenvalue weighted by molar-refractivity contribution is 0.670. The zero-order valence-corrected chi connectivity index (χ0v) is 35.4. The number of furan rings is 1. The van der Waals surface area contributed by atoms with Crippen LogP contribution < -0.4 is 4.90 Å². The maximum atomic E-state index is 6.63. The first kappa shape index (κ1) is 36.9. The normalized spacial score (nSPS) is 11.7. The van der Waals surface area contributed by atoms with Gasteiger partial charge in [-0.05, 0) is 104 Å².